The standard InChI is InChI=1S/C18H18N6O2S/c1-12-21-14(11-27-12)16-20-10-13(17(25)22-16)18(26)24-8-6-23(7-9-24)15-4-2-3-5-19-15/h2-5,10-11H,6-9H2,1H3,(H,20,22,25). The molecule has 0 aliphatic carbocycles. The van der Waals surface area contributed by atoms with Crippen molar-refractivity contribution in [2.45, 2.75) is 6.92 Å². The van der Waals surface area contributed by atoms with Crippen LogP contribution < -0.4 is 10.5 Å². The Kier molecular flexibility index (Phi) is 4.68. The highest BCUT2D eigenvalue weighted by Gasteiger charge is 2.25. The number of nitrogens with one attached hydrogen (secondary N) is 1. The second-order valence-corrected chi connectivity index (χ2v) is 7.26. The van der Waals surface area contributed by atoms with Gasteiger partial charge >= 0.3 is 0 Å². The van der Waals surface area contributed by atoms with Gasteiger partial charge in [0.05, 0.1) is 5.01 Å². The van der Waals surface area contributed by atoms with Crippen LogP contribution in [0.2, 0.25) is 0 Å². The number of thiazole rings is 1. The summed E-state index contributed by atoms with van der Waals surface area (Å²) < 4.78 is 0. The predicted octanol–water partition coefficient (Wildman–Crippen LogP) is 1.56. The van der Waals surface area contributed by atoms with E-state index in [2.05, 4.69) is 24.8 Å². The van der Waals surface area contributed by atoms with E-state index >= 15 is 0 Å². The molecular formula is C18H18N6O2S. The van der Waals surface area contributed by atoms with E-state index in [9.17, 15) is 9.59 Å². The first kappa shape index (κ1) is 17.3. The van der Waals surface area contributed by atoms with Crippen molar-refractivity contribution in [1.82, 2.24) is 24.8 Å². The molecule has 1 saturated heterocycles. The fraction of sp³-hybridized carbons (Fsp3) is 0.278. The Morgan fingerprint density at radius 3 is 2.63 bits per heavy atom. The van der Waals surface area contributed by atoms with Gasteiger partial charge in [-0.1, -0.05) is 6.07 Å². The fourth-order valence-electron chi connectivity index (χ4n) is 3.00. The minimum Gasteiger partial charge on any atom is -0.353 e. The maximum absolute atomic E-state index is 12.7. The molecule has 27 heavy (non-hydrogen) atoms. The number of aromatic amines is 1. The molecule has 1 fully saturated rings. The van der Waals surface area contributed by atoms with Crippen LogP contribution in [0.1, 0.15) is 15.4 Å². The number of nitrogens with zero attached hydrogens (tertiary/aromatic N) is 5. The summed E-state index contributed by atoms with van der Waals surface area (Å²) in [6.07, 6.45) is 3.10. The van der Waals surface area contributed by atoms with Crippen molar-refractivity contribution >= 4 is 23.1 Å². The second-order valence-electron chi connectivity index (χ2n) is 6.19. The van der Waals surface area contributed by atoms with Crippen molar-refractivity contribution < 1.29 is 4.79 Å². The van der Waals surface area contributed by atoms with Gasteiger partial charge in [-0.25, -0.2) is 15.0 Å². The van der Waals surface area contributed by atoms with Crippen molar-refractivity contribution in [3.63, 3.8) is 0 Å². The lowest BCUT2D eigenvalue weighted by Gasteiger charge is -2.35. The van der Waals surface area contributed by atoms with Crippen LogP contribution in [-0.2, 0) is 0 Å². The summed E-state index contributed by atoms with van der Waals surface area (Å²) in [5.41, 5.74) is 0.220. The third-order valence-corrected chi connectivity index (χ3v) is 5.21. The lowest BCUT2D eigenvalue weighted by molar-refractivity contribution is 0.0744. The number of anilines is 1. The van der Waals surface area contributed by atoms with Crippen molar-refractivity contribution in [2.75, 3.05) is 31.1 Å². The van der Waals surface area contributed by atoms with Gasteiger partial charge < -0.3 is 14.8 Å². The van der Waals surface area contributed by atoms with E-state index in [0.717, 1.165) is 10.8 Å². The Bertz CT molecular complexity index is 1010. The molecule has 0 aromatic carbocycles. The zero-order valence-corrected chi connectivity index (χ0v) is 15.6. The summed E-state index contributed by atoms with van der Waals surface area (Å²) in [6, 6.07) is 5.76. The molecule has 0 spiro atoms. The molecule has 1 amide bonds. The van der Waals surface area contributed by atoms with E-state index in [1.165, 1.54) is 17.5 Å². The lowest BCUT2D eigenvalue weighted by Crippen LogP contribution is -2.49. The number of pyridine rings is 1. The minimum atomic E-state index is -0.442. The molecular weight excluding hydrogens is 364 g/mol. The van der Waals surface area contributed by atoms with Gasteiger partial charge in [-0.05, 0) is 19.1 Å². The zero-order chi connectivity index (χ0) is 18.8. The topological polar surface area (TPSA) is 95.1 Å². The van der Waals surface area contributed by atoms with E-state index in [4.69, 9.17) is 0 Å². The molecule has 1 aliphatic heterocycles. The fourth-order valence-corrected chi connectivity index (χ4v) is 3.60. The van der Waals surface area contributed by atoms with Crippen LogP contribution >= 0.6 is 11.3 Å². The number of piperazine rings is 1. The normalized spacial score (nSPS) is 14.4. The zero-order valence-electron chi connectivity index (χ0n) is 14.8. The van der Waals surface area contributed by atoms with E-state index in [0.29, 0.717) is 37.7 Å². The van der Waals surface area contributed by atoms with E-state index in [-0.39, 0.29) is 11.5 Å². The number of carbonyl (C=O) groups is 1. The van der Waals surface area contributed by atoms with Crippen molar-refractivity contribution in [3.05, 3.63) is 56.9 Å². The van der Waals surface area contributed by atoms with Crippen LogP contribution in [0.25, 0.3) is 11.5 Å². The summed E-state index contributed by atoms with van der Waals surface area (Å²) in [7, 11) is 0. The summed E-state index contributed by atoms with van der Waals surface area (Å²) in [5.74, 6) is 0.971. The number of hydrogen-bond donors (Lipinski definition) is 1. The molecule has 1 aliphatic rings. The van der Waals surface area contributed by atoms with Crippen molar-refractivity contribution in [2.24, 2.45) is 0 Å². The number of H-pyrrole nitrogens is 1. The van der Waals surface area contributed by atoms with E-state index in [1.807, 2.05) is 30.5 Å². The highest BCUT2D eigenvalue weighted by molar-refractivity contribution is 7.09. The van der Waals surface area contributed by atoms with Gasteiger partial charge in [0.25, 0.3) is 11.5 Å². The van der Waals surface area contributed by atoms with Crippen LogP contribution in [0.5, 0.6) is 0 Å². The van der Waals surface area contributed by atoms with Gasteiger partial charge in [0.1, 0.15) is 17.1 Å². The van der Waals surface area contributed by atoms with E-state index < -0.39 is 5.56 Å². The molecule has 8 nitrogen and oxygen atoms in total. The highest BCUT2D eigenvalue weighted by Crippen LogP contribution is 2.17. The Morgan fingerprint density at radius 1 is 1.19 bits per heavy atom. The van der Waals surface area contributed by atoms with Crippen LogP contribution in [0.4, 0.5) is 5.82 Å². The molecule has 0 atom stereocenters. The predicted molar refractivity (Wildman–Crippen MR) is 103 cm³/mol. The molecule has 0 unspecified atom stereocenters. The van der Waals surface area contributed by atoms with Crippen molar-refractivity contribution in [1.29, 1.82) is 0 Å². The Balaban J connectivity index is 1.46. The molecule has 1 N–H and O–H groups in total. The monoisotopic (exact) mass is 382 g/mol. The van der Waals surface area contributed by atoms with Gasteiger partial charge in [0.2, 0.25) is 0 Å². The van der Waals surface area contributed by atoms with Gasteiger partial charge in [0, 0.05) is 44.0 Å². The first-order chi connectivity index (χ1) is 13.1. The minimum absolute atomic E-state index is 0.0528. The number of rotatable bonds is 3. The second kappa shape index (κ2) is 7.28. The van der Waals surface area contributed by atoms with Gasteiger partial charge in [-0.2, -0.15) is 0 Å². The average Bonchev–Trinajstić information content (AvgIpc) is 3.14. The average molecular weight is 382 g/mol. The van der Waals surface area contributed by atoms with Crippen LogP contribution in [0.3, 0.4) is 0 Å². The molecule has 3 aromatic heterocycles. The maximum atomic E-state index is 12.7. The number of hydrogen-bond acceptors (Lipinski definition) is 7. The third-order valence-electron chi connectivity index (χ3n) is 4.43. The number of aromatic nitrogens is 4. The van der Waals surface area contributed by atoms with Gasteiger partial charge in [-0.3, -0.25) is 9.59 Å². The Morgan fingerprint density at radius 2 is 2.00 bits per heavy atom. The molecule has 9 heteroatoms. The molecule has 0 saturated carbocycles. The summed E-state index contributed by atoms with van der Waals surface area (Å²) in [4.78, 5) is 44.5. The molecule has 0 radical (unpaired) electrons. The largest absolute Gasteiger partial charge is 0.353 e. The van der Waals surface area contributed by atoms with Crippen LogP contribution in [0, 0.1) is 6.92 Å². The number of aryl methyl sites for hydroxylation is 1. The lowest BCUT2D eigenvalue weighted by atomic mass is 10.2. The molecule has 138 valence electrons. The van der Waals surface area contributed by atoms with E-state index in [1.54, 1.807) is 11.1 Å². The van der Waals surface area contributed by atoms with Gasteiger partial charge in [-0.15, -0.1) is 11.3 Å². The highest BCUT2D eigenvalue weighted by atomic mass is 32.1. The third kappa shape index (κ3) is 3.59. The van der Waals surface area contributed by atoms with Crippen LogP contribution in [-0.4, -0.2) is 56.9 Å². The molecule has 0 bridgehead atoms. The Hall–Kier alpha value is -3.07. The van der Waals surface area contributed by atoms with Gasteiger partial charge in [0.15, 0.2) is 5.82 Å². The summed E-state index contributed by atoms with van der Waals surface area (Å²) in [5, 5.41) is 2.71. The molecule has 3 aromatic rings. The SMILES string of the molecule is Cc1nc(-c2ncc(C(=O)N3CCN(c4ccccn4)CC3)c(=O)[nH]2)cs1. The molecule has 4 heterocycles. The number of amides is 1. The van der Waals surface area contributed by atoms with Crippen LogP contribution in [0.15, 0.2) is 40.8 Å². The first-order valence-electron chi connectivity index (χ1n) is 8.59. The quantitative estimate of drug-likeness (QED) is 0.739. The number of carbonyl (C=O) groups excluding carboxylic acids is 1. The molecule has 4 rings (SSSR count). The summed E-state index contributed by atoms with van der Waals surface area (Å²) >= 11 is 1.48. The first-order valence-corrected chi connectivity index (χ1v) is 9.47. The Labute approximate surface area is 159 Å². The van der Waals surface area contributed by atoms with Crippen molar-refractivity contribution in [3.8, 4) is 11.5 Å². The summed E-state index contributed by atoms with van der Waals surface area (Å²) in [6.45, 7) is 4.28. The maximum Gasteiger partial charge on any atom is 0.264 e. The smallest absolute Gasteiger partial charge is 0.264 e.